The van der Waals surface area contributed by atoms with Gasteiger partial charge in [0.15, 0.2) is 6.61 Å². The molecule has 3 aromatic rings. The minimum absolute atomic E-state index is 0.00631. The zero-order valence-electron chi connectivity index (χ0n) is 14.1. The summed E-state index contributed by atoms with van der Waals surface area (Å²) < 4.78 is 5.62. The smallest absolute Gasteiger partial charge is 0.340 e. The minimum atomic E-state index is -0.800. The number of halogens is 1. The Bertz CT molecular complexity index is 1030. The maximum atomic E-state index is 12.6. The van der Waals surface area contributed by atoms with Gasteiger partial charge in [0.25, 0.3) is 5.69 Å². The van der Waals surface area contributed by atoms with Gasteiger partial charge in [-0.2, -0.15) is 0 Å². The van der Waals surface area contributed by atoms with Gasteiger partial charge in [0.05, 0.1) is 16.7 Å². The molecule has 1 aromatic heterocycles. The molecule has 0 aliphatic rings. The van der Waals surface area contributed by atoms with Gasteiger partial charge in [0.1, 0.15) is 6.20 Å². The van der Waals surface area contributed by atoms with Gasteiger partial charge in [-0.3, -0.25) is 10.1 Å². The average Bonchev–Trinajstić information content (AvgIpc) is 2.69. The molecule has 3 rings (SSSR count). The highest BCUT2D eigenvalue weighted by Gasteiger charge is 2.20. The summed E-state index contributed by atoms with van der Waals surface area (Å²) in [6, 6.07) is 12.3. The molecular weight excluding hydrogens is 406 g/mol. The van der Waals surface area contributed by atoms with E-state index in [1.54, 1.807) is 24.3 Å². The SMILES string of the molecule is O=C(OCc1nccc[n+]1[O-])c1cc([N+](=O)[O-])ccc1Sc1ccc(Cl)cc1. The molecule has 0 saturated carbocycles. The van der Waals surface area contributed by atoms with Crippen molar-refractivity contribution < 1.29 is 19.2 Å². The van der Waals surface area contributed by atoms with Crippen LogP contribution in [0.2, 0.25) is 5.02 Å². The van der Waals surface area contributed by atoms with Crippen LogP contribution in [0.5, 0.6) is 0 Å². The van der Waals surface area contributed by atoms with E-state index in [1.807, 2.05) is 0 Å². The molecule has 1 heterocycles. The van der Waals surface area contributed by atoms with Crippen LogP contribution in [0, 0.1) is 15.3 Å². The van der Waals surface area contributed by atoms with Crippen LogP contribution in [-0.2, 0) is 11.3 Å². The highest BCUT2D eigenvalue weighted by atomic mass is 35.5. The Hall–Kier alpha value is -3.17. The van der Waals surface area contributed by atoms with Crippen LogP contribution in [0.1, 0.15) is 16.2 Å². The van der Waals surface area contributed by atoms with E-state index in [1.165, 1.54) is 42.4 Å². The van der Waals surface area contributed by atoms with Crippen molar-refractivity contribution in [2.75, 3.05) is 0 Å². The Labute approximate surface area is 168 Å². The van der Waals surface area contributed by atoms with Crippen molar-refractivity contribution in [3.05, 3.63) is 92.7 Å². The molecule has 0 atom stereocenters. The van der Waals surface area contributed by atoms with Gasteiger partial charge in [0, 0.05) is 33.0 Å². The molecule has 0 radical (unpaired) electrons. The second-order valence-electron chi connectivity index (χ2n) is 5.43. The van der Waals surface area contributed by atoms with Gasteiger partial charge in [-0.1, -0.05) is 23.4 Å². The zero-order valence-corrected chi connectivity index (χ0v) is 15.7. The summed E-state index contributed by atoms with van der Waals surface area (Å²) in [5.74, 6) is -0.806. The van der Waals surface area contributed by atoms with Crippen LogP contribution in [0.4, 0.5) is 5.69 Å². The van der Waals surface area contributed by atoms with Gasteiger partial charge >= 0.3 is 11.8 Å². The molecule has 0 fully saturated rings. The predicted molar refractivity (Wildman–Crippen MR) is 101 cm³/mol. The number of benzene rings is 2. The van der Waals surface area contributed by atoms with E-state index in [0.29, 0.717) is 14.6 Å². The van der Waals surface area contributed by atoms with E-state index in [0.717, 1.165) is 11.0 Å². The lowest BCUT2D eigenvalue weighted by molar-refractivity contribution is -0.620. The molecular formula is C18H12ClN3O5S. The summed E-state index contributed by atoms with van der Waals surface area (Å²) in [5.41, 5.74) is -0.230. The highest BCUT2D eigenvalue weighted by molar-refractivity contribution is 7.99. The molecule has 0 unspecified atom stereocenters. The maximum absolute atomic E-state index is 12.6. The number of hydrogen-bond acceptors (Lipinski definition) is 7. The topological polar surface area (TPSA) is 109 Å². The van der Waals surface area contributed by atoms with Crippen molar-refractivity contribution in [2.45, 2.75) is 16.4 Å². The van der Waals surface area contributed by atoms with Crippen LogP contribution in [0.15, 0.2) is 70.7 Å². The van der Waals surface area contributed by atoms with Crippen LogP contribution in [0.3, 0.4) is 0 Å². The number of nitro groups is 1. The van der Waals surface area contributed by atoms with Crippen molar-refractivity contribution in [3.63, 3.8) is 0 Å². The minimum Gasteiger partial charge on any atom is -0.711 e. The van der Waals surface area contributed by atoms with E-state index in [-0.39, 0.29) is 23.7 Å². The lowest BCUT2D eigenvalue weighted by Crippen LogP contribution is -2.33. The molecule has 0 bridgehead atoms. The monoisotopic (exact) mass is 417 g/mol. The van der Waals surface area contributed by atoms with Crippen molar-refractivity contribution >= 4 is 35.0 Å². The fourth-order valence-electron chi connectivity index (χ4n) is 2.21. The summed E-state index contributed by atoms with van der Waals surface area (Å²) in [6.07, 6.45) is 2.62. The van der Waals surface area contributed by atoms with Crippen LogP contribution in [-0.4, -0.2) is 15.9 Å². The summed E-state index contributed by atoms with van der Waals surface area (Å²) >= 11 is 7.10. The summed E-state index contributed by atoms with van der Waals surface area (Å²) in [5, 5.41) is 23.3. The van der Waals surface area contributed by atoms with Gasteiger partial charge in [-0.15, -0.1) is 0 Å². The number of rotatable bonds is 6. The van der Waals surface area contributed by atoms with E-state index >= 15 is 0 Å². The maximum Gasteiger partial charge on any atom is 0.340 e. The average molecular weight is 418 g/mol. The number of carbonyl (C=O) groups is 1. The third-order valence-electron chi connectivity index (χ3n) is 3.55. The standard InChI is InChI=1S/C18H12ClN3O5S/c19-12-2-5-14(6-3-12)28-16-7-4-13(22(25)26)10-15(16)18(23)27-11-17-20-8-1-9-21(17)24/h1-10H,11H2. The molecule has 0 N–H and O–H groups in total. The van der Waals surface area contributed by atoms with Gasteiger partial charge < -0.3 is 9.94 Å². The predicted octanol–water partition coefficient (Wildman–Crippen LogP) is 3.78. The first-order valence-electron chi connectivity index (χ1n) is 7.86. The lowest BCUT2D eigenvalue weighted by Gasteiger charge is -2.10. The highest BCUT2D eigenvalue weighted by Crippen LogP contribution is 2.33. The third kappa shape index (κ3) is 4.76. The number of nitro benzene ring substituents is 1. The van der Waals surface area contributed by atoms with Gasteiger partial charge in [-0.25, -0.2) is 9.52 Å². The van der Waals surface area contributed by atoms with Crippen LogP contribution in [0.25, 0.3) is 0 Å². The Balaban J connectivity index is 1.86. The first-order chi connectivity index (χ1) is 13.4. The Morgan fingerprint density at radius 1 is 1.25 bits per heavy atom. The number of non-ortho nitro benzene ring substituents is 1. The molecule has 0 aliphatic carbocycles. The molecule has 28 heavy (non-hydrogen) atoms. The number of nitrogens with zero attached hydrogens (tertiary/aromatic N) is 3. The van der Waals surface area contributed by atoms with Crippen LogP contribution >= 0.6 is 23.4 Å². The van der Waals surface area contributed by atoms with Gasteiger partial charge in [0.2, 0.25) is 0 Å². The Kier molecular flexibility index (Phi) is 6.07. The molecule has 142 valence electrons. The first-order valence-corrected chi connectivity index (χ1v) is 9.05. The number of hydrogen-bond donors (Lipinski definition) is 0. The second kappa shape index (κ2) is 8.68. The summed E-state index contributed by atoms with van der Waals surface area (Å²) in [6.45, 7) is -0.364. The quantitative estimate of drug-likeness (QED) is 0.197. The van der Waals surface area contributed by atoms with Crippen molar-refractivity contribution in [3.8, 4) is 0 Å². The molecule has 0 amide bonds. The third-order valence-corrected chi connectivity index (χ3v) is 4.89. The van der Waals surface area contributed by atoms with Crippen molar-refractivity contribution in [2.24, 2.45) is 0 Å². The number of ether oxygens (including phenoxy) is 1. The Morgan fingerprint density at radius 2 is 2.00 bits per heavy atom. The molecule has 0 spiro atoms. The molecule has 0 aliphatic heterocycles. The largest absolute Gasteiger partial charge is 0.711 e. The number of esters is 1. The van der Waals surface area contributed by atoms with E-state index in [2.05, 4.69) is 4.98 Å². The number of carbonyl (C=O) groups excluding carboxylic acids is 1. The molecule has 10 heteroatoms. The van der Waals surface area contributed by atoms with Crippen molar-refractivity contribution in [1.29, 1.82) is 0 Å². The van der Waals surface area contributed by atoms with E-state index in [9.17, 15) is 20.1 Å². The number of aromatic nitrogens is 2. The summed E-state index contributed by atoms with van der Waals surface area (Å²) in [4.78, 5) is 28.1. The van der Waals surface area contributed by atoms with Crippen molar-refractivity contribution in [1.82, 2.24) is 4.98 Å². The summed E-state index contributed by atoms with van der Waals surface area (Å²) in [7, 11) is 0. The molecule has 2 aromatic carbocycles. The fourth-order valence-corrected chi connectivity index (χ4v) is 3.25. The first kappa shape index (κ1) is 19.6. The second-order valence-corrected chi connectivity index (χ2v) is 6.98. The van der Waals surface area contributed by atoms with E-state index < -0.39 is 10.9 Å². The van der Waals surface area contributed by atoms with Gasteiger partial charge in [-0.05, 0) is 35.3 Å². The normalized spacial score (nSPS) is 10.5. The van der Waals surface area contributed by atoms with E-state index in [4.69, 9.17) is 16.3 Å². The molecule has 8 nitrogen and oxygen atoms in total. The van der Waals surface area contributed by atoms with Crippen LogP contribution < -0.4 is 4.73 Å². The Morgan fingerprint density at radius 3 is 2.68 bits per heavy atom. The fraction of sp³-hybridized carbons (Fsp3) is 0.0556. The lowest BCUT2D eigenvalue weighted by atomic mass is 10.2. The molecule has 0 saturated heterocycles. The zero-order chi connectivity index (χ0) is 20.1.